The van der Waals surface area contributed by atoms with Crippen LogP contribution in [-0.4, -0.2) is 20.9 Å². The summed E-state index contributed by atoms with van der Waals surface area (Å²) in [7, 11) is -0.0140. The molecule has 1 aliphatic heterocycles. The summed E-state index contributed by atoms with van der Waals surface area (Å²) < 4.78 is 0.949. The van der Waals surface area contributed by atoms with Crippen molar-refractivity contribution in [3.8, 4) is 0 Å². The van der Waals surface area contributed by atoms with Gasteiger partial charge in [-0.15, -0.1) is 22.2 Å². The fourth-order valence-corrected chi connectivity index (χ4v) is 3.94. The van der Waals surface area contributed by atoms with Gasteiger partial charge in [-0.05, 0) is 30.7 Å². The third-order valence-electron chi connectivity index (χ3n) is 2.11. The SMILES string of the molecule is CSC(=S)C=S1C(C)=Nc2ccccc21. The molecule has 0 aromatic heterocycles. The Labute approximate surface area is 102 Å². The quantitative estimate of drug-likeness (QED) is 0.704. The number of fused-ring (bicyclic) bond motifs is 1. The summed E-state index contributed by atoms with van der Waals surface area (Å²) in [6.45, 7) is 2.07. The fraction of sp³-hybridized carbons (Fsp3) is 0.182. The van der Waals surface area contributed by atoms with Gasteiger partial charge >= 0.3 is 0 Å². The Bertz CT molecular complexity index is 474. The number of benzene rings is 1. The number of para-hydroxylation sites is 1. The fourth-order valence-electron chi connectivity index (χ4n) is 1.41. The Morgan fingerprint density at radius 2 is 2.20 bits per heavy atom. The lowest BCUT2D eigenvalue weighted by molar-refractivity contribution is 1.40. The molecule has 1 aromatic carbocycles. The van der Waals surface area contributed by atoms with Crippen molar-refractivity contribution in [3.63, 3.8) is 0 Å². The smallest absolute Gasteiger partial charge is 0.0773 e. The van der Waals surface area contributed by atoms with Crippen molar-refractivity contribution in [2.75, 3.05) is 6.26 Å². The molecular weight excluding hydrogens is 242 g/mol. The van der Waals surface area contributed by atoms with Crippen molar-refractivity contribution in [1.82, 2.24) is 0 Å². The minimum Gasteiger partial charge on any atom is -0.246 e. The van der Waals surface area contributed by atoms with Crippen LogP contribution in [-0.2, 0) is 0 Å². The summed E-state index contributed by atoms with van der Waals surface area (Å²) in [4.78, 5) is 5.85. The zero-order valence-electron chi connectivity index (χ0n) is 8.56. The molecule has 1 aliphatic rings. The lowest BCUT2D eigenvalue weighted by Crippen LogP contribution is -1.92. The average molecular weight is 253 g/mol. The van der Waals surface area contributed by atoms with Gasteiger partial charge in [0.05, 0.1) is 14.9 Å². The highest BCUT2D eigenvalue weighted by Crippen LogP contribution is 2.42. The van der Waals surface area contributed by atoms with Gasteiger partial charge < -0.3 is 0 Å². The lowest BCUT2D eigenvalue weighted by atomic mass is 10.3. The highest BCUT2D eigenvalue weighted by Gasteiger charge is 2.15. The molecule has 1 atom stereocenters. The molecule has 0 N–H and O–H groups in total. The highest BCUT2D eigenvalue weighted by atomic mass is 32.2. The Morgan fingerprint density at radius 1 is 1.47 bits per heavy atom. The minimum absolute atomic E-state index is 0.0140. The van der Waals surface area contributed by atoms with E-state index in [1.807, 2.05) is 12.3 Å². The van der Waals surface area contributed by atoms with Crippen LogP contribution < -0.4 is 0 Å². The van der Waals surface area contributed by atoms with Gasteiger partial charge in [0, 0.05) is 4.90 Å². The molecule has 4 heteroatoms. The van der Waals surface area contributed by atoms with Crippen LogP contribution in [0.1, 0.15) is 6.92 Å². The molecular formula is C11H11NS3. The maximum Gasteiger partial charge on any atom is 0.0773 e. The van der Waals surface area contributed by atoms with Crippen LogP contribution in [0.15, 0.2) is 34.2 Å². The van der Waals surface area contributed by atoms with Crippen molar-refractivity contribution in [2.45, 2.75) is 11.8 Å². The molecule has 0 radical (unpaired) electrons. The Balaban J connectivity index is 2.48. The first kappa shape index (κ1) is 11.0. The summed E-state index contributed by atoms with van der Waals surface area (Å²) in [5.41, 5.74) is 1.10. The van der Waals surface area contributed by atoms with E-state index >= 15 is 0 Å². The predicted molar refractivity (Wildman–Crippen MR) is 77.2 cm³/mol. The molecule has 0 bridgehead atoms. The Kier molecular flexibility index (Phi) is 3.38. The molecule has 0 saturated heterocycles. The molecule has 0 fully saturated rings. The zero-order chi connectivity index (χ0) is 10.8. The van der Waals surface area contributed by atoms with Gasteiger partial charge in [-0.1, -0.05) is 24.4 Å². The normalized spacial score (nSPS) is 18.8. The van der Waals surface area contributed by atoms with E-state index in [4.69, 9.17) is 12.2 Å². The number of hydrogen-bond donors (Lipinski definition) is 0. The maximum absolute atomic E-state index is 5.23. The van der Waals surface area contributed by atoms with Gasteiger partial charge in [0.2, 0.25) is 0 Å². The van der Waals surface area contributed by atoms with E-state index in [1.165, 1.54) is 4.90 Å². The third kappa shape index (κ3) is 2.22. The predicted octanol–water partition coefficient (Wildman–Crippen LogP) is 3.87. The monoisotopic (exact) mass is 253 g/mol. The maximum atomic E-state index is 5.23. The van der Waals surface area contributed by atoms with Gasteiger partial charge in [-0.2, -0.15) is 0 Å². The molecule has 0 spiro atoms. The number of hydrogen-bond acceptors (Lipinski definition) is 3. The first-order valence-corrected chi connectivity index (χ1v) is 7.44. The molecule has 15 heavy (non-hydrogen) atoms. The zero-order valence-corrected chi connectivity index (χ0v) is 11.0. The molecule has 2 rings (SSSR count). The van der Waals surface area contributed by atoms with Crippen LogP contribution in [0.3, 0.4) is 0 Å². The molecule has 1 heterocycles. The van der Waals surface area contributed by atoms with E-state index < -0.39 is 0 Å². The van der Waals surface area contributed by atoms with Crippen molar-refractivity contribution < 1.29 is 0 Å². The largest absolute Gasteiger partial charge is 0.246 e. The first-order valence-electron chi connectivity index (χ1n) is 4.52. The average Bonchev–Trinajstić information content (AvgIpc) is 2.55. The number of rotatable bonds is 1. The van der Waals surface area contributed by atoms with Crippen LogP contribution in [0.4, 0.5) is 5.69 Å². The van der Waals surface area contributed by atoms with Gasteiger partial charge in [0.25, 0.3) is 0 Å². The molecule has 0 aliphatic carbocycles. The summed E-state index contributed by atoms with van der Waals surface area (Å²) in [6.07, 6.45) is 2.01. The van der Waals surface area contributed by atoms with Crippen LogP contribution in [0.5, 0.6) is 0 Å². The standard InChI is InChI=1S/C11H11NS3/c1-8-12-9-5-3-4-6-10(9)15(8)7-11(13)14-2/h3-7H,1-2H3. The van der Waals surface area contributed by atoms with E-state index in [1.54, 1.807) is 11.8 Å². The number of thiocarbonyl (C=S) groups is 1. The molecule has 0 amide bonds. The number of thioether (sulfide) groups is 1. The molecule has 1 unspecified atom stereocenters. The van der Waals surface area contributed by atoms with Crippen molar-refractivity contribution in [3.05, 3.63) is 24.3 Å². The highest BCUT2D eigenvalue weighted by molar-refractivity contribution is 8.34. The summed E-state index contributed by atoms with van der Waals surface area (Å²) >= 11 is 6.85. The lowest BCUT2D eigenvalue weighted by Gasteiger charge is -2.02. The summed E-state index contributed by atoms with van der Waals surface area (Å²) in [6, 6.07) is 8.28. The molecule has 1 nitrogen and oxygen atoms in total. The summed E-state index contributed by atoms with van der Waals surface area (Å²) in [5, 5.41) is 3.30. The molecule has 78 valence electrons. The molecule has 0 saturated carbocycles. The van der Waals surface area contributed by atoms with Gasteiger partial charge in [-0.25, -0.2) is 4.99 Å². The van der Waals surface area contributed by atoms with E-state index in [0.29, 0.717) is 0 Å². The van der Waals surface area contributed by atoms with Gasteiger partial charge in [0.15, 0.2) is 0 Å². The summed E-state index contributed by atoms with van der Waals surface area (Å²) in [5.74, 6) is 0. The second-order valence-electron chi connectivity index (χ2n) is 3.08. The van der Waals surface area contributed by atoms with Crippen LogP contribution >= 0.6 is 34.5 Å². The van der Waals surface area contributed by atoms with Crippen LogP contribution in [0, 0.1) is 0 Å². The Hall–Kier alpha value is -0.450. The minimum atomic E-state index is -0.0140. The first-order chi connectivity index (χ1) is 7.22. The van der Waals surface area contributed by atoms with E-state index in [0.717, 1.165) is 14.9 Å². The van der Waals surface area contributed by atoms with E-state index in [2.05, 4.69) is 35.5 Å². The van der Waals surface area contributed by atoms with E-state index in [-0.39, 0.29) is 10.5 Å². The topological polar surface area (TPSA) is 12.4 Å². The van der Waals surface area contributed by atoms with Gasteiger partial charge in [-0.3, -0.25) is 0 Å². The number of aliphatic imine (C=N–C) groups is 1. The second kappa shape index (κ2) is 4.60. The Morgan fingerprint density at radius 3 is 2.93 bits per heavy atom. The van der Waals surface area contributed by atoms with Crippen LogP contribution in [0.25, 0.3) is 0 Å². The van der Waals surface area contributed by atoms with Gasteiger partial charge in [0.1, 0.15) is 0 Å². The van der Waals surface area contributed by atoms with Crippen molar-refractivity contribution >= 4 is 54.8 Å². The third-order valence-corrected chi connectivity index (χ3v) is 5.57. The van der Waals surface area contributed by atoms with Crippen molar-refractivity contribution in [1.29, 1.82) is 0 Å². The van der Waals surface area contributed by atoms with Crippen molar-refractivity contribution in [2.24, 2.45) is 4.99 Å². The molecule has 1 aromatic rings. The second-order valence-corrected chi connectivity index (χ2v) is 6.57. The number of nitrogens with zero attached hydrogens (tertiary/aromatic N) is 1. The van der Waals surface area contributed by atoms with E-state index in [9.17, 15) is 0 Å². The van der Waals surface area contributed by atoms with Crippen LogP contribution in [0.2, 0.25) is 0 Å².